The third-order valence-electron chi connectivity index (χ3n) is 3.87. The molecule has 1 heterocycles. The van der Waals surface area contributed by atoms with Gasteiger partial charge in [-0.05, 0) is 12.3 Å². The normalized spacial score (nSPS) is 20.1. The Morgan fingerprint density at radius 2 is 1.95 bits per heavy atom. The highest BCUT2D eigenvalue weighted by atomic mass is 16.5. The summed E-state index contributed by atoms with van der Waals surface area (Å²) < 4.78 is 5.64. The van der Waals surface area contributed by atoms with E-state index in [-0.39, 0.29) is 6.04 Å². The Morgan fingerprint density at radius 3 is 2.48 bits per heavy atom. The van der Waals surface area contributed by atoms with Gasteiger partial charge in [-0.25, -0.2) is 0 Å². The maximum Gasteiger partial charge on any atom is 0.156 e. The van der Waals surface area contributed by atoms with Gasteiger partial charge in [-0.1, -0.05) is 32.3 Å². The Balaban J connectivity index is 2.30. The molecule has 1 atom stereocenters. The molecule has 0 aromatic rings. The number of piperazine rings is 1. The summed E-state index contributed by atoms with van der Waals surface area (Å²) in [5.41, 5.74) is 5.82. The van der Waals surface area contributed by atoms with Crippen molar-refractivity contribution in [2.45, 2.75) is 39.7 Å². The number of nitrogens with two attached hydrogens (primary N) is 1. The predicted octanol–water partition coefficient (Wildman–Crippen LogP) is 1.19. The molecule has 6 nitrogen and oxygen atoms in total. The molecule has 1 rings (SSSR count). The lowest BCUT2D eigenvalue weighted by atomic mass is 10.1. The summed E-state index contributed by atoms with van der Waals surface area (Å²) in [6.07, 6.45) is 1.97. The number of oxime groups is 1. The summed E-state index contributed by atoms with van der Waals surface area (Å²) in [5, 5.41) is 12.1. The van der Waals surface area contributed by atoms with E-state index in [1.807, 2.05) is 0 Å². The van der Waals surface area contributed by atoms with E-state index in [0.717, 1.165) is 58.8 Å². The van der Waals surface area contributed by atoms with E-state index < -0.39 is 0 Å². The summed E-state index contributed by atoms with van der Waals surface area (Å²) in [4.78, 5) is 4.75. The highest BCUT2D eigenvalue weighted by molar-refractivity contribution is 5.85. The molecule has 0 bridgehead atoms. The Labute approximate surface area is 128 Å². The summed E-state index contributed by atoms with van der Waals surface area (Å²) in [7, 11) is 0. The van der Waals surface area contributed by atoms with Crippen LogP contribution in [0.2, 0.25) is 0 Å². The molecule has 0 spiro atoms. The molecule has 1 aliphatic heterocycles. The lowest BCUT2D eigenvalue weighted by molar-refractivity contribution is 0.0591. The molecule has 0 amide bonds. The number of ether oxygens (including phenoxy) is 1. The number of amidine groups is 1. The van der Waals surface area contributed by atoms with Gasteiger partial charge in [-0.15, -0.1) is 0 Å². The molecule has 1 unspecified atom stereocenters. The molecule has 1 aliphatic rings. The van der Waals surface area contributed by atoms with Gasteiger partial charge in [0.25, 0.3) is 0 Å². The van der Waals surface area contributed by atoms with Gasteiger partial charge in [0.1, 0.15) is 0 Å². The van der Waals surface area contributed by atoms with Gasteiger partial charge in [0.2, 0.25) is 0 Å². The fourth-order valence-electron chi connectivity index (χ4n) is 2.67. The average molecular weight is 300 g/mol. The fourth-order valence-corrected chi connectivity index (χ4v) is 2.67. The molecule has 0 aromatic carbocycles. The van der Waals surface area contributed by atoms with E-state index >= 15 is 0 Å². The zero-order valence-corrected chi connectivity index (χ0v) is 13.8. The molecule has 0 radical (unpaired) electrons. The summed E-state index contributed by atoms with van der Waals surface area (Å²) in [5.74, 6) is 0.933. The third kappa shape index (κ3) is 6.63. The van der Waals surface area contributed by atoms with Crippen LogP contribution in [0.5, 0.6) is 0 Å². The lowest BCUT2D eigenvalue weighted by Crippen LogP contribution is -2.54. The van der Waals surface area contributed by atoms with Crippen LogP contribution < -0.4 is 5.73 Å². The average Bonchev–Trinajstić information content (AvgIpc) is 2.49. The Morgan fingerprint density at radius 1 is 1.29 bits per heavy atom. The van der Waals surface area contributed by atoms with Crippen LogP contribution in [0.15, 0.2) is 5.16 Å². The van der Waals surface area contributed by atoms with Gasteiger partial charge in [0.15, 0.2) is 5.84 Å². The largest absolute Gasteiger partial charge is 0.409 e. The predicted molar refractivity (Wildman–Crippen MR) is 85.8 cm³/mol. The smallest absolute Gasteiger partial charge is 0.156 e. The van der Waals surface area contributed by atoms with Crippen LogP contribution in [-0.2, 0) is 4.74 Å². The topological polar surface area (TPSA) is 74.3 Å². The summed E-state index contributed by atoms with van der Waals surface area (Å²) in [6.45, 7) is 13.0. The molecule has 3 N–H and O–H groups in total. The monoisotopic (exact) mass is 300 g/mol. The summed E-state index contributed by atoms with van der Waals surface area (Å²) >= 11 is 0. The highest BCUT2D eigenvalue weighted by Gasteiger charge is 2.25. The SMILES string of the molecule is CCCC(C(N)=NO)N1CCN(CCOCC(C)C)CC1. The van der Waals surface area contributed by atoms with E-state index in [2.05, 4.69) is 35.7 Å². The van der Waals surface area contributed by atoms with Gasteiger partial charge < -0.3 is 15.7 Å². The molecule has 6 heteroatoms. The van der Waals surface area contributed by atoms with Crippen molar-refractivity contribution in [3.05, 3.63) is 0 Å². The molecule has 21 heavy (non-hydrogen) atoms. The molecule has 1 fully saturated rings. The molecule has 124 valence electrons. The molecule has 0 aliphatic carbocycles. The van der Waals surface area contributed by atoms with Gasteiger partial charge in [0, 0.05) is 39.3 Å². The Bertz CT molecular complexity index is 302. The Hall–Kier alpha value is -0.850. The number of hydrogen-bond acceptors (Lipinski definition) is 5. The van der Waals surface area contributed by atoms with Crippen molar-refractivity contribution in [1.82, 2.24) is 9.80 Å². The minimum Gasteiger partial charge on any atom is -0.409 e. The first-order valence-electron chi connectivity index (χ1n) is 8.10. The second-order valence-electron chi connectivity index (χ2n) is 6.18. The van der Waals surface area contributed by atoms with E-state index in [9.17, 15) is 0 Å². The fraction of sp³-hybridized carbons (Fsp3) is 0.933. The van der Waals surface area contributed by atoms with E-state index in [1.54, 1.807) is 0 Å². The van der Waals surface area contributed by atoms with Gasteiger partial charge in [-0.2, -0.15) is 0 Å². The van der Waals surface area contributed by atoms with Crippen LogP contribution in [0, 0.1) is 5.92 Å². The van der Waals surface area contributed by atoms with Crippen molar-refractivity contribution < 1.29 is 9.94 Å². The maximum absolute atomic E-state index is 8.91. The van der Waals surface area contributed by atoms with Crippen LogP contribution in [-0.4, -0.2) is 72.8 Å². The van der Waals surface area contributed by atoms with Crippen molar-refractivity contribution in [2.24, 2.45) is 16.8 Å². The van der Waals surface area contributed by atoms with E-state index in [0.29, 0.717) is 11.8 Å². The van der Waals surface area contributed by atoms with Gasteiger partial charge >= 0.3 is 0 Å². The number of rotatable bonds is 9. The van der Waals surface area contributed by atoms with Crippen molar-refractivity contribution in [3.63, 3.8) is 0 Å². The maximum atomic E-state index is 8.91. The van der Waals surface area contributed by atoms with Crippen LogP contribution in [0.4, 0.5) is 0 Å². The molecule has 1 saturated heterocycles. The first-order chi connectivity index (χ1) is 10.1. The zero-order chi connectivity index (χ0) is 15.7. The van der Waals surface area contributed by atoms with Crippen molar-refractivity contribution in [1.29, 1.82) is 0 Å². The standard InChI is InChI=1S/C15H32N4O2/c1-4-5-14(15(16)17-20)19-8-6-18(7-9-19)10-11-21-12-13(2)3/h13-14,20H,4-12H2,1-3H3,(H2,16,17). The van der Waals surface area contributed by atoms with Crippen molar-refractivity contribution in [3.8, 4) is 0 Å². The first-order valence-corrected chi connectivity index (χ1v) is 8.10. The van der Waals surface area contributed by atoms with E-state index in [4.69, 9.17) is 15.7 Å². The number of nitrogens with zero attached hydrogens (tertiary/aromatic N) is 3. The Kier molecular flexibility index (Phi) is 8.64. The first kappa shape index (κ1) is 18.2. The van der Waals surface area contributed by atoms with Crippen LogP contribution in [0.1, 0.15) is 33.6 Å². The molecular weight excluding hydrogens is 268 g/mol. The molecule has 0 aromatic heterocycles. The van der Waals surface area contributed by atoms with Crippen LogP contribution >= 0.6 is 0 Å². The molecule has 0 saturated carbocycles. The third-order valence-corrected chi connectivity index (χ3v) is 3.87. The van der Waals surface area contributed by atoms with E-state index in [1.165, 1.54) is 0 Å². The quantitative estimate of drug-likeness (QED) is 0.220. The minimum atomic E-state index is 0.0688. The van der Waals surface area contributed by atoms with Crippen molar-refractivity contribution >= 4 is 5.84 Å². The van der Waals surface area contributed by atoms with Gasteiger partial charge in [0.05, 0.1) is 12.6 Å². The van der Waals surface area contributed by atoms with Crippen molar-refractivity contribution in [2.75, 3.05) is 45.9 Å². The van der Waals surface area contributed by atoms with Crippen LogP contribution in [0.25, 0.3) is 0 Å². The zero-order valence-electron chi connectivity index (χ0n) is 13.8. The number of hydrogen-bond donors (Lipinski definition) is 2. The second kappa shape index (κ2) is 9.97. The van der Waals surface area contributed by atoms with Crippen LogP contribution in [0.3, 0.4) is 0 Å². The summed E-state index contributed by atoms with van der Waals surface area (Å²) in [6, 6.07) is 0.0688. The molecular formula is C15H32N4O2. The lowest BCUT2D eigenvalue weighted by Gasteiger charge is -2.38. The minimum absolute atomic E-state index is 0.0688. The van der Waals surface area contributed by atoms with Gasteiger partial charge in [-0.3, -0.25) is 9.80 Å². The highest BCUT2D eigenvalue weighted by Crippen LogP contribution is 2.11. The second-order valence-corrected chi connectivity index (χ2v) is 6.18.